The van der Waals surface area contributed by atoms with Crippen LogP contribution in [0.25, 0.3) is 0 Å². The Morgan fingerprint density at radius 2 is 1.67 bits per heavy atom. The van der Waals surface area contributed by atoms with Crippen LogP contribution in [0.3, 0.4) is 0 Å². The van der Waals surface area contributed by atoms with Gasteiger partial charge in [0.1, 0.15) is 0 Å². The van der Waals surface area contributed by atoms with Crippen LogP contribution in [0.1, 0.15) is 0 Å². The van der Waals surface area contributed by atoms with E-state index >= 15 is 0 Å². The summed E-state index contributed by atoms with van der Waals surface area (Å²) < 4.78 is 32.7. The first kappa shape index (κ1) is 9.39. The molecule has 0 aliphatic rings. The minimum Gasteiger partial charge on any atom is -0.355 e. The predicted molar refractivity (Wildman–Crippen MR) is 31.3 cm³/mol. The molecular formula is C2H7F2O3PSi. The highest BCUT2D eigenvalue weighted by Crippen LogP contribution is 2.40. The SMILES string of the molecule is C[SiH](C)OP(OF)OF. The molecule has 0 saturated heterocycles. The predicted octanol–water partition coefficient (Wildman–Crippen LogP) is 2.02. The summed E-state index contributed by atoms with van der Waals surface area (Å²) in [6.45, 7) is 3.49. The van der Waals surface area contributed by atoms with Gasteiger partial charge in [0.05, 0.1) is 0 Å². The van der Waals surface area contributed by atoms with Crippen LogP contribution in [-0.2, 0) is 13.7 Å². The fraction of sp³-hybridized carbons (Fsp3) is 1.00. The Kier molecular flexibility index (Phi) is 5.42. The van der Waals surface area contributed by atoms with Gasteiger partial charge >= 0.3 is 8.60 Å². The standard InChI is InChI=1S/C2H7F2O3PSi/c1-9(2)7-8(5-3)6-4/h9H,1-2H3. The van der Waals surface area contributed by atoms with Crippen LogP contribution in [0.5, 0.6) is 0 Å². The highest BCUT2D eigenvalue weighted by Gasteiger charge is 2.15. The lowest BCUT2D eigenvalue weighted by Gasteiger charge is -2.06. The van der Waals surface area contributed by atoms with E-state index in [2.05, 4.69) is 13.7 Å². The monoisotopic (exact) mass is 176 g/mol. The van der Waals surface area contributed by atoms with Crippen molar-refractivity contribution in [2.45, 2.75) is 13.1 Å². The molecule has 0 bridgehead atoms. The van der Waals surface area contributed by atoms with E-state index in [0.717, 1.165) is 0 Å². The quantitative estimate of drug-likeness (QED) is 0.484. The van der Waals surface area contributed by atoms with E-state index in [1.807, 2.05) is 0 Å². The van der Waals surface area contributed by atoms with E-state index in [9.17, 15) is 9.05 Å². The third-order valence-corrected chi connectivity index (χ3v) is 3.01. The maximum atomic E-state index is 11.1. The van der Waals surface area contributed by atoms with Crippen molar-refractivity contribution in [2.24, 2.45) is 0 Å². The van der Waals surface area contributed by atoms with Gasteiger partial charge in [-0.1, -0.05) is 0 Å². The summed E-state index contributed by atoms with van der Waals surface area (Å²) in [7, 11) is -3.83. The maximum Gasteiger partial charge on any atom is 0.392 e. The van der Waals surface area contributed by atoms with Crippen molar-refractivity contribution in [3.8, 4) is 0 Å². The van der Waals surface area contributed by atoms with E-state index in [1.165, 1.54) is 0 Å². The van der Waals surface area contributed by atoms with E-state index in [-0.39, 0.29) is 0 Å². The zero-order valence-electron chi connectivity index (χ0n) is 5.01. The van der Waals surface area contributed by atoms with Gasteiger partial charge in [-0.05, 0) is 22.1 Å². The van der Waals surface area contributed by atoms with E-state index < -0.39 is 17.6 Å². The highest BCUT2D eigenvalue weighted by atomic mass is 31.2. The molecule has 0 heterocycles. The van der Waals surface area contributed by atoms with Crippen molar-refractivity contribution in [3.05, 3.63) is 0 Å². The molecule has 0 N–H and O–H groups in total. The molecule has 0 rings (SSSR count). The van der Waals surface area contributed by atoms with Crippen molar-refractivity contribution in [3.63, 3.8) is 0 Å². The van der Waals surface area contributed by atoms with Crippen LogP contribution in [0.4, 0.5) is 9.05 Å². The molecule has 3 nitrogen and oxygen atoms in total. The normalized spacial score (nSPS) is 11.3. The van der Waals surface area contributed by atoms with Crippen molar-refractivity contribution in [2.75, 3.05) is 0 Å². The molecule has 0 radical (unpaired) electrons. The zero-order valence-corrected chi connectivity index (χ0v) is 7.05. The Labute approximate surface area is 54.4 Å². The average molecular weight is 176 g/mol. The maximum absolute atomic E-state index is 11.1. The van der Waals surface area contributed by atoms with E-state index in [4.69, 9.17) is 0 Å². The third-order valence-electron chi connectivity index (χ3n) is 0.410. The summed E-state index contributed by atoms with van der Waals surface area (Å²) in [5.74, 6) is 0. The van der Waals surface area contributed by atoms with Crippen LogP contribution in [0.2, 0.25) is 13.1 Å². The Morgan fingerprint density at radius 1 is 1.22 bits per heavy atom. The van der Waals surface area contributed by atoms with Crippen LogP contribution in [0, 0.1) is 0 Å². The first-order valence-electron chi connectivity index (χ1n) is 2.25. The zero-order chi connectivity index (χ0) is 7.28. The number of hydrogen-bond acceptors (Lipinski definition) is 3. The first-order chi connectivity index (χ1) is 4.20. The molecule has 0 aliphatic heterocycles. The Bertz CT molecular complexity index is 70.8. The molecule has 56 valence electrons. The third kappa shape index (κ3) is 4.86. The lowest BCUT2D eigenvalue weighted by Crippen LogP contribution is -2.02. The Hall–Kier alpha value is 0.387. The smallest absolute Gasteiger partial charge is 0.355 e. The molecule has 0 atom stereocenters. The van der Waals surface area contributed by atoms with E-state index in [1.54, 1.807) is 13.1 Å². The molecule has 9 heavy (non-hydrogen) atoms. The van der Waals surface area contributed by atoms with Crippen LogP contribution in [0.15, 0.2) is 0 Å². The summed E-state index contributed by atoms with van der Waals surface area (Å²) >= 11 is 0. The van der Waals surface area contributed by atoms with Gasteiger partial charge in [-0.2, -0.15) is 0 Å². The summed E-state index contributed by atoms with van der Waals surface area (Å²) in [6.07, 6.45) is 0. The van der Waals surface area contributed by atoms with Crippen LogP contribution in [-0.4, -0.2) is 9.04 Å². The van der Waals surface area contributed by atoms with Crippen molar-refractivity contribution >= 4 is 17.6 Å². The average Bonchev–Trinajstić information content (AvgIpc) is 1.82. The van der Waals surface area contributed by atoms with Gasteiger partial charge in [0.25, 0.3) is 0 Å². The van der Waals surface area contributed by atoms with Gasteiger partial charge in [-0.25, -0.2) is 0 Å². The fourth-order valence-corrected chi connectivity index (χ4v) is 1.87. The molecule has 0 spiro atoms. The van der Waals surface area contributed by atoms with Crippen molar-refractivity contribution in [1.29, 1.82) is 0 Å². The van der Waals surface area contributed by atoms with Gasteiger partial charge in [0.2, 0.25) is 0 Å². The molecule has 0 saturated carbocycles. The number of hydrogen-bond donors (Lipinski definition) is 0. The second kappa shape index (κ2) is 5.19. The summed E-state index contributed by atoms with van der Waals surface area (Å²) in [5, 5.41) is 0. The minimum absolute atomic E-state index is 1.46. The van der Waals surface area contributed by atoms with Gasteiger partial charge in [0.15, 0.2) is 9.04 Å². The van der Waals surface area contributed by atoms with Gasteiger partial charge in [0, 0.05) is 0 Å². The molecule has 0 fully saturated rings. The molecule has 0 amide bonds. The van der Waals surface area contributed by atoms with Gasteiger partial charge in [-0.3, -0.25) is 0 Å². The largest absolute Gasteiger partial charge is 0.392 e. The Balaban J connectivity index is 3.31. The number of rotatable bonds is 4. The van der Waals surface area contributed by atoms with E-state index in [0.29, 0.717) is 0 Å². The number of halogens is 2. The van der Waals surface area contributed by atoms with Crippen molar-refractivity contribution < 1.29 is 22.7 Å². The molecule has 0 unspecified atom stereocenters. The second-order valence-electron chi connectivity index (χ2n) is 1.52. The summed E-state index contributed by atoms with van der Waals surface area (Å²) in [4.78, 5) is 0. The molecule has 7 heteroatoms. The van der Waals surface area contributed by atoms with Crippen LogP contribution < -0.4 is 0 Å². The lowest BCUT2D eigenvalue weighted by atomic mass is 11.9. The topological polar surface area (TPSA) is 27.7 Å². The molecule has 0 aliphatic carbocycles. The van der Waals surface area contributed by atoms with Crippen molar-refractivity contribution in [1.82, 2.24) is 0 Å². The van der Waals surface area contributed by atoms with Gasteiger partial charge in [-0.15, -0.1) is 9.46 Å². The Morgan fingerprint density at radius 3 is 1.78 bits per heavy atom. The summed E-state index contributed by atoms with van der Waals surface area (Å²) in [6, 6.07) is 0. The lowest BCUT2D eigenvalue weighted by molar-refractivity contribution is -0.0861. The van der Waals surface area contributed by atoms with Gasteiger partial charge < -0.3 is 4.21 Å². The molecule has 0 aromatic rings. The second-order valence-corrected chi connectivity index (χ2v) is 5.18. The molecular weight excluding hydrogens is 169 g/mol. The highest BCUT2D eigenvalue weighted by molar-refractivity contribution is 7.42. The first-order valence-corrected chi connectivity index (χ1v) is 6.12. The van der Waals surface area contributed by atoms with Crippen LogP contribution >= 0.6 is 8.60 Å². The summed E-state index contributed by atoms with van der Waals surface area (Å²) in [5.41, 5.74) is 0. The fourth-order valence-electron chi connectivity index (χ4n) is 0.215. The molecule has 0 aromatic carbocycles. The minimum atomic E-state index is -2.37. The molecule has 0 aromatic heterocycles.